The Balaban J connectivity index is 2.48. The second-order valence-electron chi connectivity index (χ2n) is 4.78. The van der Waals surface area contributed by atoms with E-state index in [1.54, 1.807) is 0 Å². The van der Waals surface area contributed by atoms with Crippen LogP contribution in [0.5, 0.6) is 0 Å². The quantitative estimate of drug-likeness (QED) is 0.846. The van der Waals surface area contributed by atoms with Crippen molar-refractivity contribution in [2.45, 2.75) is 39.7 Å². The first-order valence-corrected chi connectivity index (χ1v) is 6.41. The van der Waals surface area contributed by atoms with Crippen LogP contribution < -0.4 is 5.32 Å². The van der Waals surface area contributed by atoms with Crippen LogP contribution in [0.4, 0.5) is 0 Å². The van der Waals surface area contributed by atoms with Crippen molar-refractivity contribution in [2.75, 3.05) is 0 Å². The minimum absolute atomic E-state index is 0.00774. The fraction of sp³-hybridized carbons (Fsp3) is 0.500. The van der Waals surface area contributed by atoms with Crippen LogP contribution in [0.2, 0.25) is 5.02 Å². The molecule has 0 saturated heterocycles. The number of benzene rings is 1. The van der Waals surface area contributed by atoms with Gasteiger partial charge in [-0.3, -0.25) is 4.79 Å². The lowest BCUT2D eigenvalue weighted by atomic mass is 10.1. The molecule has 0 fully saturated rings. The van der Waals surface area contributed by atoms with E-state index in [2.05, 4.69) is 19.2 Å². The van der Waals surface area contributed by atoms with Crippen LogP contribution in [-0.4, -0.2) is 5.91 Å². The standard InChI is InChI=1S/C14H20ClNO/c1-10(2)7-8-14(17)16-11(3)12-5-4-6-13(15)9-12/h4-6,9-11H,7-8H2,1-3H3,(H,16,17). The fourth-order valence-electron chi connectivity index (χ4n) is 1.59. The topological polar surface area (TPSA) is 29.1 Å². The van der Waals surface area contributed by atoms with E-state index in [0.717, 1.165) is 12.0 Å². The van der Waals surface area contributed by atoms with Gasteiger partial charge in [0.1, 0.15) is 0 Å². The minimum atomic E-state index is 0.00774. The number of hydrogen-bond acceptors (Lipinski definition) is 1. The van der Waals surface area contributed by atoms with E-state index in [4.69, 9.17) is 11.6 Å². The molecule has 0 bridgehead atoms. The van der Waals surface area contributed by atoms with Gasteiger partial charge in [0, 0.05) is 11.4 Å². The van der Waals surface area contributed by atoms with Gasteiger partial charge in [0.2, 0.25) is 5.91 Å². The molecule has 1 N–H and O–H groups in total. The van der Waals surface area contributed by atoms with E-state index in [1.807, 2.05) is 31.2 Å². The van der Waals surface area contributed by atoms with Crippen LogP contribution >= 0.6 is 11.6 Å². The Kier molecular flexibility index (Phi) is 5.49. The van der Waals surface area contributed by atoms with Crippen LogP contribution in [0.1, 0.15) is 45.2 Å². The van der Waals surface area contributed by atoms with Gasteiger partial charge in [0.25, 0.3) is 0 Å². The smallest absolute Gasteiger partial charge is 0.220 e. The van der Waals surface area contributed by atoms with Gasteiger partial charge in [0.15, 0.2) is 0 Å². The third-order valence-electron chi connectivity index (χ3n) is 2.67. The second-order valence-corrected chi connectivity index (χ2v) is 5.21. The summed E-state index contributed by atoms with van der Waals surface area (Å²) in [4.78, 5) is 11.7. The monoisotopic (exact) mass is 253 g/mol. The lowest BCUT2D eigenvalue weighted by molar-refractivity contribution is -0.122. The van der Waals surface area contributed by atoms with Gasteiger partial charge in [-0.25, -0.2) is 0 Å². The molecule has 17 heavy (non-hydrogen) atoms. The highest BCUT2D eigenvalue weighted by molar-refractivity contribution is 6.30. The summed E-state index contributed by atoms with van der Waals surface area (Å²) >= 11 is 5.92. The van der Waals surface area contributed by atoms with Gasteiger partial charge in [-0.2, -0.15) is 0 Å². The summed E-state index contributed by atoms with van der Waals surface area (Å²) in [5.41, 5.74) is 1.04. The number of nitrogens with one attached hydrogen (secondary N) is 1. The van der Waals surface area contributed by atoms with Gasteiger partial charge >= 0.3 is 0 Å². The van der Waals surface area contributed by atoms with Crippen molar-refractivity contribution in [3.63, 3.8) is 0 Å². The van der Waals surface area contributed by atoms with Crippen LogP contribution in [0, 0.1) is 5.92 Å². The molecule has 0 radical (unpaired) electrons. The summed E-state index contributed by atoms with van der Waals surface area (Å²) in [6.45, 7) is 6.21. The Bertz CT molecular complexity index is 376. The van der Waals surface area contributed by atoms with E-state index < -0.39 is 0 Å². The van der Waals surface area contributed by atoms with Crippen LogP contribution in [0.15, 0.2) is 24.3 Å². The first-order chi connectivity index (χ1) is 7.99. The SMILES string of the molecule is CC(C)CCC(=O)NC(C)c1cccc(Cl)c1. The highest BCUT2D eigenvalue weighted by Gasteiger charge is 2.10. The number of rotatable bonds is 5. The highest BCUT2D eigenvalue weighted by Crippen LogP contribution is 2.17. The predicted molar refractivity (Wildman–Crippen MR) is 72.1 cm³/mol. The summed E-state index contributed by atoms with van der Waals surface area (Å²) in [5.74, 6) is 0.661. The Labute approximate surface area is 108 Å². The maximum atomic E-state index is 11.7. The maximum absolute atomic E-state index is 11.7. The molecular formula is C14H20ClNO. The van der Waals surface area contributed by atoms with Crippen LogP contribution in [-0.2, 0) is 4.79 Å². The van der Waals surface area contributed by atoms with Gasteiger partial charge in [-0.1, -0.05) is 37.6 Å². The molecule has 0 aliphatic carbocycles. The molecule has 1 atom stereocenters. The molecule has 0 heterocycles. The first-order valence-electron chi connectivity index (χ1n) is 6.04. The number of carbonyl (C=O) groups excluding carboxylic acids is 1. The molecule has 3 heteroatoms. The van der Waals surface area contributed by atoms with Crippen molar-refractivity contribution >= 4 is 17.5 Å². The molecule has 0 aliphatic heterocycles. The van der Waals surface area contributed by atoms with Crippen molar-refractivity contribution < 1.29 is 4.79 Å². The third kappa shape index (κ3) is 5.22. The molecule has 1 rings (SSSR count). The van der Waals surface area contributed by atoms with Gasteiger partial charge < -0.3 is 5.32 Å². The Morgan fingerprint density at radius 1 is 1.35 bits per heavy atom. The molecule has 1 unspecified atom stereocenters. The second kappa shape index (κ2) is 6.65. The van der Waals surface area contributed by atoms with Gasteiger partial charge in [-0.15, -0.1) is 0 Å². The van der Waals surface area contributed by atoms with Gasteiger partial charge in [-0.05, 0) is 37.0 Å². The Morgan fingerprint density at radius 2 is 2.06 bits per heavy atom. The molecular weight excluding hydrogens is 234 g/mol. The fourth-order valence-corrected chi connectivity index (χ4v) is 1.79. The molecule has 94 valence electrons. The molecule has 1 aromatic carbocycles. The average Bonchev–Trinajstić information content (AvgIpc) is 2.26. The first kappa shape index (κ1) is 14.0. The number of halogens is 1. The van der Waals surface area contributed by atoms with E-state index in [0.29, 0.717) is 17.4 Å². The summed E-state index contributed by atoms with van der Waals surface area (Å²) in [6.07, 6.45) is 1.51. The van der Waals surface area contributed by atoms with Crippen molar-refractivity contribution in [3.05, 3.63) is 34.9 Å². The van der Waals surface area contributed by atoms with E-state index in [-0.39, 0.29) is 11.9 Å². The lowest BCUT2D eigenvalue weighted by Gasteiger charge is -2.15. The molecule has 0 spiro atoms. The average molecular weight is 254 g/mol. The van der Waals surface area contributed by atoms with E-state index >= 15 is 0 Å². The minimum Gasteiger partial charge on any atom is -0.350 e. The molecule has 0 aromatic heterocycles. The molecule has 2 nitrogen and oxygen atoms in total. The summed E-state index contributed by atoms with van der Waals surface area (Å²) in [6, 6.07) is 7.59. The van der Waals surface area contributed by atoms with Gasteiger partial charge in [0.05, 0.1) is 6.04 Å². The zero-order chi connectivity index (χ0) is 12.8. The summed E-state index contributed by atoms with van der Waals surface area (Å²) in [5, 5.41) is 3.68. The van der Waals surface area contributed by atoms with Crippen molar-refractivity contribution in [1.82, 2.24) is 5.32 Å². The van der Waals surface area contributed by atoms with E-state index in [9.17, 15) is 4.79 Å². The van der Waals surface area contributed by atoms with Crippen molar-refractivity contribution in [1.29, 1.82) is 0 Å². The number of carbonyl (C=O) groups is 1. The largest absolute Gasteiger partial charge is 0.350 e. The third-order valence-corrected chi connectivity index (χ3v) is 2.91. The normalized spacial score (nSPS) is 12.5. The number of hydrogen-bond donors (Lipinski definition) is 1. The molecule has 0 saturated carbocycles. The summed E-state index contributed by atoms with van der Waals surface area (Å²) < 4.78 is 0. The zero-order valence-electron chi connectivity index (χ0n) is 10.7. The van der Waals surface area contributed by atoms with Crippen molar-refractivity contribution in [3.8, 4) is 0 Å². The Morgan fingerprint density at radius 3 is 2.65 bits per heavy atom. The van der Waals surface area contributed by atoms with Crippen molar-refractivity contribution in [2.24, 2.45) is 5.92 Å². The van der Waals surface area contributed by atoms with E-state index in [1.165, 1.54) is 0 Å². The maximum Gasteiger partial charge on any atom is 0.220 e. The molecule has 0 aliphatic rings. The van der Waals surface area contributed by atoms with Crippen LogP contribution in [0.3, 0.4) is 0 Å². The highest BCUT2D eigenvalue weighted by atomic mass is 35.5. The zero-order valence-corrected chi connectivity index (χ0v) is 11.4. The molecule has 1 amide bonds. The summed E-state index contributed by atoms with van der Waals surface area (Å²) in [7, 11) is 0. The lowest BCUT2D eigenvalue weighted by Crippen LogP contribution is -2.26. The molecule has 1 aromatic rings. The Hall–Kier alpha value is -1.02. The predicted octanol–water partition coefficient (Wildman–Crippen LogP) is 3.95. The van der Waals surface area contributed by atoms with Crippen LogP contribution in [0.25, 0.3) is 0 Å². The number of amides is 1.